The minimum atomic E-state index is -4.13. The van der Waals surface area contributed by atoms with Crippen LogP contribution in [-0.2, 0) is 25.8 Å². The number of hydrogen-bond acceptors (Lipinski definition) is 9. The number of aliphatic carboxylic acids is 1. The Hall–Kier alpha value is -2.34. The Balaban J connectivity index is 1.29. The number of nitrogens with zero attached hydrogens (tertiary/aromatic N) is 2. The van der Waals surface area contributed by atoms with Gasteiger partial charge in [-0.1, -0.05) is 24.7 Å². The van der Waals surface area contributed by atoms with Gasteiger partial charge in [0.05, 0.1) is 20.0 Å². The maximum Gasteiger partial charge on any atom is 0.325 e. The minimum Gasteiger partial charge on any atom is -0.480 e. The highest BCUT2D eigenvalue weighted by Crippen LogP contribution is 2.39. The fourth-order valence-electron chi connectivity index (χ4n) is 5.25. The molecule has 8 nitrogen and oxygen atoms in total. The lowest BCUT2D eigenvalue weighted by atomic mass is 9.92. The number of carboxylic acids is 1. The van der Waals surface area contributed by atoms with Crippen molar-refractivity contribution in [2.24, 2.45) is 5.92 Å². The van der Waals surface area contributed by atoms with E-state index < -0.39 is 20.6 Å². The van der Waals surface area contributed by atoms with Crippen molar-refractivity contribution in [3.8, 4) is 0 Å². The van der Waals surface area contributed by atoms with E-state index in [0.717, 1.165) is 42.1 Å². The molecule has 1 N–H and O–H groups in total. The van der Waals surface area contributed by atoms with E-state index in [1.54, 1.807) is 23.5 Å². The first kappa shape index (κ1) is 27.2. The molecule has 11 heteroatoms. The highest BCUT2D eigenvalue weighted by molar-refractivity contribution is 7.93. The molecule has 5 rings (SSSR count). The number of ether oxygens (including phenoxy) is 1. The lowest BCUT2D eigenvalue weighted by molar-refractivity contribution is -0.142. The molecule has 0 radical (unpaired) electrons. The number of fused-ring (bicyclic) bond motifs is 1. The smallest absolute Gasteiger partial charge is 0.325 e. The number of aryl methyl sites for hydroxylation is 1. The monoisotopic (exact) mass is 576 g/mol. The van der Waals surface area contributed by atoms with Gasteiger partial charge in [0.25, 0.3) is 0 Å². The number of ketones is 1. The molecule has 0 spiro atoms. The van der Waals surface area contributed by atoms with Gasteiger partial charge in [-0.05, 0) is 56.0 Å². The average Bonchev–Trinajstić information content (AvgIpc) is 3.58. The van der Waals surface area contributed by atoms with Gasteiger partial charge in [0, 0.05) is 49.9 Å². The quantitative estimate of drug-likeness (QED) is 0.346. The maximum atomic E-state index is 13.5. The largest absolute Gasteiger partial charge is 0.480 e. The first-order chi connectivity index (χ1) is 18.2. The second kappa shape index (κ2) is 11.0. The van der Waals surface area contributed by atoms with Gasteiger partial charge >= 0.3 is 5.97 Å². The molecule has 2 fully saturated rings. The lowest BCUT2D eigenvalue weighted by Gasteiger charge is -2.32. The Bertz CT molecular complexity index is 1430. The number of thiazole rings is 1. The van der Waals surface area contributed by atoms with Crippen LogP contribution in [0.25, 0.3) is 10.2 Å². The fourth-order valence-corrected chi connectivity index (χ4v) is 9.35. The number of rotatable bonds is 9. The van der Waals surface area contributed by atoms with Crippen LogP contribution in [-0.4, -0.2) is 61.3 Å². The first-order valence-corrected chi connectivity index (χ1v) is 16.2. The van der Waals surface area contributed by atoms with Gasteiger partial charge in [-0.15, -0.1) is 11.3 Å². The number of carbonyl (C=O) groups excluding carboxylic acids is 1. The standard InChI is InChI=1S/C27H32N2O6S3/c1-2-3-4-19-5-8-22(36-19)24(30)18-9-13-29(14-10-18)26-28-21-7-6-20(17-23(21)37-26)38(33,34)27(25(31)32)11-15-35-16-12-27/h5-8,17-18H,2-4,9-16H2,1H3,(H,31,32). The molecule has 0 aliphatic carbocycles. The van der Waals surface area contributed by atoms with E-state index in [-0.39, 0.29) is 42.7 Å². The van der Waals surface area contributed by atoms with Crippen LogP contribution in [0.15, 0.2) is 35.2 Å². The number of hydrogen-bond donors (Lipinski definition) is 1. The summed E-state index contributed by atoms with van der Waals surface area (Å²) in [6.45, 7) is 3.78. The number of sulfone groups is 1. The summed E-state index contributed by atoms with van der Waals surface area (Å²) in [7, 11) is -4.13. The number of piperidine rings is 1. The zero-order chi connectivity index (χ0) is 26.9. The topological polar surface area (TPSA) is 114 Å². The molecule has 2 aliphatic heterocycles. The van der Waals surface area contributed by atoms with Gasteiger partial charge in [0.15, 0.2) is 25.5 Å². The molecule has 1 aromatic carbocycles. The van der Waals surface area contributed by atoms with Crippen LogP contribution >= 0.6 is 22.7 Å². The molecular weight excluding hydrogens is 545 g/mol. The second-order valence-corrected chi connectivity index (χ2v) is 14.5. The molecular formula is C27H32N2O6S3. The average molecular weight is 577 g/mol. The third-order valence-corrected chi connectivity index (χ3v) is 12.4. The van der Waals surface area contributed by atoms with Crippen molar-refractivity contribution < 1.29 is 27.9 Å². The van der Waals surface area contributed by atoms with Crippen molar-refractivity contribution in [3.05, 3.63) is 40.1 Å². The summed E-state index contributed by atoms with van der Waals surface area (Å²) in [5, 5.41) is 10.7. The molecule has 2 aliphatic rings. The predicted octanol–water partition coefficient (Wildman–Crippen LogP) is 5.21. The molecule has 38 heavy (non-hydrogen) atoms. The molecule has 0 bridgehead atoms. The number of carboxylic acid groups (broad SMARTS) is 1. The Morgan fingerprint density at radius 1 is 1.13 bits per heavy atom. The second-order valence-electron chi connectivity index (χ2n) is 10.0. The zero-order valence-electron chi connectivity index (χ0n) is 21.3. The molecule has 3 aromatic rings. The molecule has 0 saturated carbocycles. The number of carbonyl (C=O) groups is 2. The number of benzene rings is 1. The van der Waals surface area contributed by atoms with Crippen LogP contribution in [0.4, 0.5) is 5.13 Å². The van der Waals surface area contributed by atoms with Gasteiger partial charge in [-0.25, -0.2) is 13.4 Å². The van der Waals surface area contributed by atoms with Crippen molar-refractivity contribution in [3.63, 3.8) is 0 Å². The van der Waals surface area contributed by atoms with Crippen LogP contribution in [0, 0.1) is 5.92 Å². The molecule has 0 atom stereocenters. The van der Waals surface area contributed by atoms with Gasteiger partial charge in [-0.2, -0.15) is 0 Å². The Labute approximate surface area is 230 Å². The van der Waals surface area contributed by atoms with E-state index in [0.29, 0.717) is 23.3 Å². The molecule has 2 saturated heterocycles. The number of unbranched alkanes of at least 4 members (excludes halogenated alkanes) is 1. The van der Waals surface area contributed by atoms with E-state index >= 15 is 0 Å². The third kappa shape index (κ3) is 5.01. The molecule has 0 amide bonds. The summed E-state index contributed by atoms with van der Waals surface area (Å²) in [4.78, 5) is 34.2. The van der Waals surface area contributed by atoms with Crippen LogP contribution in [0.1, 0.15) is 60.0 Å². The minimum absolute atomic E-state index is 0.00160. The summed E-state index contributed by atoms with van der Waals surface area (Å²) in [5.41, 5.74) is 0.677. The molecule has 4 heterocycles. The van der Waals surface area contributed by atoms with Crippen LogP contribution in [0.2, 0.25) is 0 Å². The summed E-state index contributed by atoms with van der Waals surface area (Å²) in [5.74, 6) is -1.10. The van der Waals surface area contributed by atoms with Crippen molar-refractivity contribution in [1.29, 1.82) is 0 Å². The van der Waals surface area contributed by atoms with Crippen LogP contribution in [0.5, 0.6) is 0 Å². The Morgan fingerprint density at radius 3 is 2.55 bits per heavy atom. The van der Waals surface area contributed by atoms with E-state index in [1.165, 1.54) is 22.3 Å². The summed E-state index contributed by atoms with van der Waals surface area (Å²) < 4.78 is 31.0. The summed E-state index contributed by atoms with van der Waals surface area (Å²) >= 11 is 3.02. The van der Waals surface area contributed by atoms with Crippen molar-refractivity contribution in [2.75, 3.05) is 31.2 Å². The van der Waals surface area contributed by atoms with Crippen molar-refractivity contribution in [2.45, 2.75) is 61.5 Å². The summed E-state index contributed by atoms with van der Waals surface area (Å²) in [6.07, 6.45) is 4.66. The summed E-state index contributed by atoms with van der Waals surface area (Å²) in [6, 6.07) is 8.72. The van der Waals surface area contributed by atoms with Gasteiger partial charge in [-0.3, -0.25) is 9.59 Å². The van der Waals surface area contributed by atoms with Crippen molar-refractivity contribution in [1.82, 2.24) is 4.98 Å². The van der Waals surface area contributed by atoms with E-state index in [4.69, 9.17) is 9.72 Å². The van der Waals surface area contributed by atoms with Gasteiger partial charge < -0.3 is 14.7 Å². The number of aromatic nitrogens is 1. The number of thiophene rings is 1. The highest BCUT2D eigenvalue weighted by atomic mass is 32.2. The normalized spacial score (nSPS) is 18.6. The van der Waals surface area contributed by atoms with E-state index in [2.05, 4.69) is 17.9 Å². The lowest BCUT2D eigenvalue weighted by Crippen LogP contribution is -2.50. The molecule has 204 valence electrons. The third-order valence-electron chi connectivity index (χ3n) is 7.68. The molecule has 0 unspecified atom stereocenters. The number of anilines is 1. The Kier molecular flexibility index (Phi) is 7.91. The number of Topliss-reactive ketones (excluding diaryl/α,β-unsaturated/α-hetero) is 1. The van der Waals surface area contributed by atoms with Crippen LogP contribution in [0.3, 0.4) is 0 Å². The SMILES string of the molecule is CCCCc1ccc(C(=O)C2CCN(c3nc4ccc(S(=O)(=O)C5(C(=O)O)CCOCC5)cc4s3)CC2)s1. The maximum absolute atomic E-state index is 13.5. The Morgan fingerprint density at radius 2 is 1.87 bits per heavy atom. The van der Waals surface area contributed by atoms with Gasteiger partial charge in [0.1, 0.15) is 0 Å². The first-order valence-electron chi connectivity index (χ1n) is 13.1. The van der Waals surface area contributed by atoms with Gasteiger partial charge in [0.2, 0.25) is 0 Å². The van der Waals surface area contributed by atoms with E-state index in [1.807, 2.05) is 6.07 Å². The highest BCUT2D eigenvalue weighted by Gasteiger charge is 2.52. The predicted molar refractivity (Wildman–Crippen MR) is 149 cm³/mol. The zero-order valence-corrected chi connectivity index (χ0v) is 23.8. The van der Waals surface area contributed by atoms with E-state index in [9.17, 15) is 23.1 Å². The fraction of sp³-hybridized carbons (Fsp3) is 0.519. The van der Waals surface area contributed by atoms with Crippen LogP contribution < -0.4 is 4.90 Å². The molecule has 2 aromatic heterocycles. The van der Waals surface area contributed by atoms with Crippen molar-refractivity contribution >= 4 is 59.6 Å².